The minimum Gasteiger partial charge on any atom is -0.354 e. The first-order valence-electron chi connectivity index (χ1n) is 9.31. The van der Waals surface area contributed by atoms with Crippen LogP contribution in [0, 0.1) is 6.92 Å². The molecule has 0 aliphatic rings. The molecule has 0 aliphatic carbocycles. The maximum Gasteiger partial charge on any atom is 0.192 e. The zero-order valence-corrected chi connectivity index (χ0v) is 20.1. The van der Waals surface area contributed by atoms with E-state index in [0.29, 0.717) is 30.6 Å². The molecule has 0 saturated heterocycles. The minimum atomic E-state index is -0.0185. The Hall–Kier alpha value is -2.40. The van der Waals surface area contributed by atoms with Crippen LogP contribution in [0.4, 0.5) is 0 Å². The normalized spacial score (nSPS) is 12.2. The largest absolute Gasteiger partial charge is 0.354 e. The Bertz CT molecular complexity index is 950. The Kier molecular flexibility index (Phi) is 9.31. The van der Waals surface area contributed by atoms with Crippen LogP contribution in [0.3, 0.4) is 0 Å². The van der Waals surface area contributed by atoms with E-state index in [0.717, 1.165) is 17.2 Å². The highest BCUT2D eigenvalue weighted by Crippen LogP contribution is 2.19. The molecule has 0 amide bonds. The fourth-order valence-electron chi connectivity index (χ4n) is 2.79. The van der Waals surface area contributed by atoms with Crippen molar-refractivity contribution in [1.29, 1.82) is 0 Å². The van der Waals surface area contributed by atoms with Crippen molar-refractivity contribution in [3.63, 3.8) is 0 Å². The third kappa shape index (κ3) is 6.30. The smallest absolute Gasteiger partial charge is 0.192 e. The van der Waals surface area contributed by atoms with E-state index in [4.69, 9.17) is 11.6 Å². The molecule has 1 atom stereocenters. The van der Waals surface area contributed by atoms with Gasteiger partial charge in [-0.05, 0) is 30.7 Å². The van der Waals surface area contributed by atoms with Gasteiger partial charge in [0, 0.05) is 37.6 Å². The predicted molar refractivity (Wildman–Crippen MR) is 130 cm³/mol. The average Bonchev–Trinajstić information content (AvgIpc) is 3.36. The fraction of sp³-hybridized carbons (Fsp3) is 0.300. The quantitative estimate of drug-likeness (QED) is 0.199. The Morgan fingerprint density at radius 1 is 1.27 bits per heavy atom. The van der Waals surface area contributed by atoms with Crippen LogP contribution >= 0.6 is 35.6 Å². The summed E-state index contributed by atoms with van der Waals surface area (Å²) in [4.78, 5) is 4.64. The van der Waals surface area contributed by atoms with Gasteiger partial charge >= 0.3 is 0 Å². The molecule has 1 unspecified atom stereocenters. The first kappa shape index (κ1) is 23.9. The van der Waals surface area contributed by atoms with Crippen molar-refractivity contribution in [2.75, 3.05) is 13.1 Å². The summed E-state index contributed by atoms with van der Waals surface area (Å²) in [6.07, 6.45) is 5.50. The third-order valence-electron chi connectivity index (χ3n) is 4.54. The Balaban J connectivity index is 0.00000320. The van der Waals surface area contributed by atoms with Crippen molar-refractivity contribution >= 4 is 41.5 Å². The highest BCUT2D eigenvalue weighted by Gasteiger charge is 2.15. The first-order chi connectivity index (χ1) is 14.1. The molecule has 30 heavy (non-hydrogen) atoms. The second kappa shape index (κ2) is 11.7. The summed E-state index contributed by atoms with van der Waals surface area (Å²) in [6, 6.07) is 9.67. The number of hydrogen-bond donors (Lipinski definition) is 2. The summed E-state index contributed by atoms with van der Waals surface area (Å²) in [5.74, 6) is 2.31. The highest BCUT2D eigenvalue weighted by atomic mass is 127. The number of aromatic nitrogens is 5. The molecule has 8 nitrogen and oxygen atoms in total. The number of nitrogens with zero attached hydrogens (tertiary/aromatic N) is 6. The van der Waals surface area contributed by atoms with Crippen molar-refractivity contribution in [3.05, 3.63) is 77.6 Å². The summed E-state index contributed by atoms with van der Waals surface area (Å²) in [7, 11) is 1.93. The van der Waals surface area contributed by atoms with E-state index in [1.54, 1.807) is 12.3 Å². The number of halogens is 2. The van der Waals surface area contributed by atoms with E-state index in [9.17, 15) is 0 Å². The molecule has 2 aromatic heterocycles. The van der Waals surface area contributed by atoms with Crippen LogP contribution in [0.2, 0.25) is 5.02 Å². The Labute approximate surface area is 198 Å². The molecule has 0 radical (unpaired) electrons. The number of hydrogen-bond acceptors (Lipinski definition) is 4. The van der Waals surface area contributed by atoms with Gasteiger partial charge < -0.3 is 15.2 Å². The van der Waals surface area contributed by atoms with Crippen LogP contribution in [-0.4, -0.2) is 43.6 Å². The molecule has 1 aromatic carbocycles. The molecule has 0 saturated carbocycles. The molecule has 0 aliphatic heterocycles. The molecule has 3 aromatic rings. The zero-order chi connectivity index (χ0) is 20.6. The van der Waals surface area contributed by atoms with Gasteiger partial charge in [-0.3, -0.25) is 4.68 Å². The van der Waals surface area contributed by atoms with Gasteiger partial charge in [-0.15, -0.1) is 40.8 Å². The number of nitrogens with one attached hydrogen (secondary N) is 2. The maximum atomic E-state index is 6.05. The van der Waals surface area contributed by atoms with Crippen molar-refractivity contribution < 1.29 is 0 Å². The summed E-state index contributed by atoms with van der Waals surface area (Å²) in [6.45, 7) is 7.27. The standard InChI is InChI=1S/C20H25ClN8.HI/c1-4-10-22-20(24-14-19-27-26-15(2)28(19)3)23-13-18(29-12-5-11-25-29)16-6-8-17(21)9-7-16;/h4-9,11-12,18H,1,10,13-14H2,2-3H3,(H2,22,23,24);1H. The molecular formula is C20H26ClIN8. The van der Waals surface area contributed by atoms with Gasteiger partial charge in [0.2, 0.25) is 0 Å². The number of aliphatic imine (C=N–C) groups is 1. The predicted octanol–water partition coefficient (Wildman–Crippen LogP) is 3.10. The Morgan fingerprint density at radius 3 is 2.63 bits per heavy atom. The average molecular weight is 541 g/mol. The molecular weight excluding hydrogens is 515 g/mol. The lowest BCUT2D eigenvalue weighted by atomic mass is 10.1. The van der Waals surface area contributed by atoms with Gasteiger partial charge in [-0.2, -0.15) is 5.10 Å². The van der Waals surface area contributed by atoms with Gasteiger partial charge in [0.1, 0.15) is 12.4 Å². The van der Waals surface area contributed by atoms with Crippen LogP contribution in [0.1, 0.15) is 23.3 Å². The van der Waals surface area contributed by atoms with E-state index in [1.165, 1.54) is 0 Å². The molecule has 10 heteroatoms. The molecule has 0 spiro atoms. The van der Waals surface area contributed by atoms with Crippen LogP contribution < -0.4 is 10.6 Å². The summed E-state index contributed by atoms with van der Waals surface area (Å²) < 4.78 is 3.84. The summed E-state index contributed by atoms with van der Waals surface area (Å²) in [5.41, 5.74) is 1.09. The molecule has 2 N–H and O–H groups in total. The van der Waals surface area contributed by atoms with E-state index < -0.39 is 0 Å². The highest BCUT2D eigenvalue weighted by molar-refractivity contribution is 14.0. The second-order valence-corrected chi connectivity index (χ2v) is 6.93. The monoisotopic (exact) mass is 540 g/mol. The summed E-state index contributed by atoms with van der Waals surface area (Å²) >= 11 is 6.05. The van der Waals surface area contributed by atoms with E-state index in [-0.39, 0.29) is 30.0 Å². The fourth-order valence-corrected chi connectivity index (χ4v) is 2.91. The van der Waals surface area contributed by atoms with Crippen LogP contribution in [-0.2, 0) is 13.6 Å². The number of rotatable bonds is 8. The third-order valence-corrected chi connectivity index (χ3v) is 4.79. The van der Waals surface area contributed by atoms with Crippen molar-refractivity contribution in [2.24, 2.45) is 12.0 Å². The summed E-state index contributed by atoms with van der Waals surface area (Å²) in [5, 5.41) is 20.0. The van der Waals surface area contributed by atoms with E-state index in [2.05, 4.69) is 37.5 Å². The van der Waals surface area contributed by atoms with Crippen molar-refractivity contribution in [3.8, 4) is 0 Å². The van der Waals surface area contributed by atoms with Crippen molar-refractivity contribution in [2.45, 2.75) is 19.5 Å². The number of benzene rings is 1. The molecule has 2 heterocycles. The van der Waals surface area contributed by atoms with Gasteiger partial charge in [0.15, 0.2) is 11.8 Å². The van der Waals surface area contributed by atoms with Gasteiger partial charge in [0.05, 0.1) is 6.04 Å². The second-order valence-electron chi connectivity index (χ2n) is 6.49. The molecule has 0 bridgehead atoms. The van der Waals surface area contributed by atoms with E-state index >= 15 is 0 Å². The lowest BCUT2D eigenvalue weighted by Crippen LogP contribution is -2.40. The van der Waals surface area contributed by atoms with Crippen LogP contribution in [0.15, 0.2) is 60.4 Å². The molecule has 3 rings (SSSR count). The Morgan fingerprint density at radius 2 is 2.03 bits per heavy atom. The minimum absolute atomic E-state index is 0. The SMILES string of the molecule is C=CCNC(=NCc1nnc(C)n1C)NCC(c1ccc(Cl)cc1)n1cccn1.I. The lowest BCUT2D eigenvalue weighted by molar-refractivity contribution is 0.511. The van der Waals surface area contributed by atoms with Gasteiger partial charge in [-0.1, -0.05) is 29.8 Å². The van der Waals surface area contributed by atoms with Crippen molar-refractivity contribution in [1.82, 2.24) is 35.2 Å². The van der Waals surface area contributed by atoms with Gasteiger partial charge in [0.25, 0.3) is 0 Å². The van der Waals surface area contributed by atoms with Crippen LogP contribution in [0.5, 0.6) is 0 Å². The molecule has 160 valence electrons. The van der Waals surface area contributed by atoms with E-state index in [1.807, 2.05) is 59.7 Å². The number of guanidine groups is 1. The van der Waals surface area contributed by atoms with Gasteiger partial charge in [-0.25, -0.2) is 4.99 Å². The van der Waals surface area contributed by atoms with Crippen LogP contribution in [0.25, 0.3) is 0 Å². The first-order valence-corrected chi connectivity index (χ1v) is 9.69. The topological polar surface area (TPSA) is 85.0 Å². The molecule has 0 fully saturated rings. The zero-order valence-electron chi connectivity index (χ0n) is 17.0. The lowest BCUT2D eigenvalue weighted by Gasteiger charge is -2.20. The maximum absolute atomic E-state index is 6.05. The number of aryl methyl sites for hydroxylation is 1.